The van der Waals surface area contributed by atoms with Gasteiger partial charge in [-0.3, -0.25) is 0 Å². The second-order valence-corrected chi connectivity index (χ2v) is 1.75. The molecular formula is C6H2F2NO2-. The maximum Gasteiger partial charge on any atom is 0.213 e. The molecule has 3 nitrogen and oxygen atoms in total. The number of hydrogen-bond acceptors (Lipinski definition) is 3. The molecule has 0 aliphatic heterocycles. The number of carboxylic acid groups (broad SMARTS) is 1. The van der Waals surface area contributed by atoms with Crippen LogP contribution in [0.25, 0.3) is 0 Å². The van der Waals surface area contributed by atoms with E-state index in [4.69, 9.17) is 0 Å². The van der Waals surface area contributed by atoms with Gasteiger partial charge in [0.15, 0.2) is 5.82 Å². The van der Waals surface area contributed by atoms with E-state index in [1.54, 1.807) is 0 Å². The Morgan fingerprint density at radius 2 is 2.09 bits per heavy atom. The van der Waals surface area contributed by atoms with Crippen molar-refractivity contribution in [2.45, 2.75) is 0 Å². The predicted octanol–water partition coefficient (Wildman–Crippen LogP) is -0.277. The van der Waals surface area contributed by atoms with Crippen molar-refractivity contribution in [3.63, 3.8) is 0 Å². The van der Waals surface area contributed by atoms with Crippen molar-refractivity contribution in [2.24, 2.45) is 0 Å². The number of hydrogen-bond donors (Lipinski definition) is 0. The number of pyridine rings is 1. The van der Waals surface area contributed by atoms with E-state index in [0.717, 1.165) is 6.07 Å². The minimum atomic E-state index is -1.83. The lowest BCUT2D eigenvalue weighted by Crippen LogP contribution is -2.25. The van der Waals surface area contributed by atoms with Gasteiger partial charge in [0, 0.05) is 0 Å². The van der Waals surface area contributed by atoms with Gasteiger partial charge in [0.2, 0.25) is 5.95 Å². The van der Waals surface area contributed by atoms with E-state index in [0.29, 0.717) is 6.07 Å². The fourth-order valence-electron chi connectivity index (χ4n) is 0.561. The van der Waals surface area contributed by atoms with E-state index in [1.165, 1.54) is 0 Å². The predicted molar refractivity (Wildman–Crippen MR) is 28.5 cm³/mol. The summed E-state index contributed by atoms with van der Waals surface area (Å²) in [7, 11) is 0. The van der Waals surface area contributed by atoms with E-state index in [1.807, 2.05) is 0 Å². The summed E-state index contributed by atoms with van der Waals surface area (Å²) in [5.74, 6) is -3.99. The molecule has 1 heterocycles. The van der Waals surface area contributed by atoms with Gasteiger partial charge in [0.05, 0.1) is 5.97 Å². The van der Waals surface area contributed by atoms with Gasteiger partial charge in [-0.1, -0.05) is 0 Å². The van der Waals surface area contributed by atoms with Crippen molar-refractivity contribution in [1.82, 2.24) is 4.98 Å². The standard InChI is InChI=1S/C6H3F2NO2/c7-3-1-2-4(8)9-5(3)6(10)11/h1-2H,(H,10,11)/p-1. The van der Waals surface area contributed by atoms with Gasteiger partial charge >= 0.3 is 0 Å². The van der Waals surface area contributed by atoms with E-state index >= 15 is 0 Å². The maximum absolute atomic E-state index is 12.4. The summed E-state index contributed by atoms with van der Waals surface area (Å²) in [4.78, 5) is 12.8. The van der Waals surface area contributed by atoms with Crippen LogP contribution in [-0.4, -0.2) is 11.0 Å². The molecule has 0 bridgehead atoms. The molecule has 0 radical (unpaired) electrons. The van der Waals surface area contributed by atoms with Crippen molar-refractivity contribution in [1.29, 1.82) is 0 Å². The first-order chi connectivity index (χ1) is 5.11. The number of halogens is 2. The molecule has 0 spiro atoms. The van der Waals surface area contributed by atoms with Crippen LogP contribution >= 0.6 is 0 Å². The SMILES string of the molecule is O=C([O-])c1nc(F)ccc1F. The Balaban J connectivity index is 3.23. The zero-order valence-corrected chi connectivity index (χ0v) is 5.17. The summed E-state index contributed by atoms with van der Waals surface area (Å²) >= 11 is 0. The van der Waals surface area contributed by atoms with Crippen LogP contribution in [0.4, 0.5) is 8.78 Å². The molecule has 0 aromatic carbocycles. The summed E-state index contributed by atoms with van der Waals surface area (Å²) in [5.41, 5.74) is -1.01. The van der Waals surface area contributed by atoms with Gasteiger partial charge in [-0.25, -0.2) is 9.37 Å². The van der Waals surface area contributed by atoms with E-state index in [9.17, 15) is 18.7 Å². The molecule has 0 unspecified atom stereocenters. The van der Waals surface area contributed by atoms with Crippen molar-refractivity contribution < 1.29 is 18.7 Å². The van der Waals surface area contributed by atoms with Crippen LogP contribution in [0.5, 0.6) is 0 Å². The van der Waals surface area contributed by atoms with Crippen LogP contribution in [-0.2, 0) is 0 Å². The number of nitrogens with zero attached hydrogens (tertiary/aromatic N) is 1. The van der Waals surface area contributed by atoms with E-state index in [-0.39, 0.29) is 0 Å². The Hall–Kier alpha value is -1.52. The number of carbonyl (C=O) groups excluding carboxylic acids is 1. The minimum absolute atomic E-state index is 0.674. The third-order valence-electron chi connectivity index (χ3n) is 1.01. The first-order valence-corrected chi connectivity index (χ1v) is 2.64. The molecule has 0 atom stereocenters. The van der Waals surface area contributed by atoms with Gasteiger partial charge in [-0.2, -0.15) is 4.39 Å². The highest BCUT2D eigenvalue weighted by molar-refractivity contribution is 5.83. The van der Waals surface area contributed by atoms with E-state index < -0.39 is 23.4 Å². The Kier molecular flexibility index (Phi) is 1.80. The van der Waals surface area contributed by atoms with Crippen molar-refractivity contribution >= 4 is 5.97 Å². The Morgan fingerprint density at radius 1 is 1.45 bits per heavy atom. The minimum Gasteiger partial charge on any atom is -0.543 e. The highest BCUT2D eigenvalue weighted by Crippen LogP contribution is 2.03. The zero-order valence-electron chi connectivity index (χ0n) is 5.17. The second kappa shape index (κ2) is 2.61. The average Bonchev–Trinajstić information content (AvgIpc) is 1.94. The van der Waals surface area contributed by atoms with E-state index in [2.05, 4.69) is 4.98 Å². The molecule has 0 saturated heterocycles. The van der Waals surface area contributed by atoms with Crippen molar-refractivity contribution in [2.75, 3.05) is 0 Å². The molecular weight excluding hydrogens is 156 g/mol. The summed E-state index contributed by atoms with van der Waals surface area (Å²) in [5, 5.41) is 9.99. The zero-order chi connectivity index (χ0) is 8.43. The lowest BCUT2D eigenvalue weighted by Gasteiger charge is -2.00. The van der Waals surface area contributed by atoms with Crippen LogP contribution in [0.2, 0.25) is 0 Å². The number of aromatic carboxylic acids is 1. The highest BCUT2D eigenvalue weighted by Gasteiger charge is 2.04. The van der Waals surface area contributed by atoms with Crippen LogP contribution in [0.1, 0.15) is 10.5 Å². The molecule has 58 valence electrons. The molecule has 5 heteroatoms. The van der Waals surface area contributed by atoms with Gasteiger partial charge < -0.3 is 9.90 Å². The van der Waals surface area contributed by atoms with Crippen molar-refractivity contribution in [3.8, 4) is 0 Å². The van der Waals surface area contributed by atoms with Gasteiger partial charge in [-0.05, 0) is 12.1 Å². The lowest BCUT2D eigenvalue weighted by atomic mass is 10.3. The number of rotatable bonds is 1. The summed E-state index contributed by atoms with van der Waals surface area (Å²) in [6.07, 6.45) is 0. The van der Waals surface area contributed by atoms with Crippen LogP contribution in [0.15, 0.2) is 12.1 Å². The van der Waals surface area contributed by atoms with Gasteiger partial charge in [0.1, 0.15) is 5.69 Å². The molecule has 0 aliphatic rings. The smallest absolute Gasteiger partial charge is 0.213 e. The Labute approximate surface area is 60.3 Å². The molecule has 0 fully saturated rings. The molecule has 11 heavy (non-hydrogen) atoms. The molecule has 0 N–H and O–H groups in total. The van der Waals surface area contributed by atoms with Gasteiger partial charge in [-0.15, -0.1) is 0 Å². The largest absolute Gasteiger partial charge is 0.543 e. The molecule has 1 aromatic rings. The Bertz CT molecular complexity index is 301. The fourth-order valence-corrected chi connectivity index (χ4v) is 0.561. The normalized spacial score (nSPS) is 9.64. The number of carbonyl (C=O) groups is 1. The third-order valence-corrected chi connectivity index (χ3v) is 1.01. The first kappa shape index (κ1) is 7.59. The molecule has 0 saturated carbocycles. The monoisotopic (exact) mass is 158 g/mol. The average molecular weight is 158 g/mol. The Morgan fingerprint density at radius 3 is 2.55 bits per heavy atom. The van der Waals surface area contributed by atoms with Crippen molar-refractivity contribution in [3.05, 3.63) is 29.6 Å². The quantitative estimate of drug-likeness (QED) is 0.528. The number of aromatic nitrogens is 1. The third kappa shape index (κ3) is 1.49. The van der Waals surface area contributed by atoms with Gasteiger partial charge in [0.25, 0.3) is 0 Å². The topological polar surface area (TPSA) is 53.0 Å². The maximum atomic E-state index is 12.4. The molecule has 1 aromatic heterocycles. The number of carboxylic acids is 1. The summed E-state index contributed by atoms with van der Waals surface area (Å²) < 4.78 is 24.5. The molecule has 1 rings (SSSR count). The van der Waals surface area contributed by atoms with Crippen LogP contribution in [0.3, 0.4) is 0 Å². The van der Waals surface area contributed by atoms with Crippen LogP contribution < -0.4 is 5.11 Å². The summed E-state index contributed by atoms with van der Waals surface area (Å²) in [6, 6.07) is 1.40. The second-order valence-electron chi connectivity index (χ2n) is 1.75. The highest BCUT2D eigenvalue weighted by atomic mass is 19.1. The molecule has 0 amide bonds. The first-order valence-electron chi connectivity index (χ1n) is 2.64. The fraction of sp³-hybridized carbons (Fsp3) is 0. The lowest BCUT2D eigenvalue weighted by molar-refractivity contribution is -0.255. The van der Waals surface area contributed by atoms with Crippen LogP contribution in [0, 0.1) is 11.8 Å². The summed E-state index contributed by atoms with van der Waals surface area (Å²) in [6.45, 7) is 0. The molecule has 0 aliphatic carbocycles.